The van der Waals surface area contributed by atoms with Crippen molar-refractivity contribution in [3.63, 3.8) is 0 Å². The second-order valence-corrected chi connectivity index (χ2v) is 6.83. The number of hydrogen-bond donors (Lipinski definition) is 1. The SMILES string of the molecule is CC[C@H](NC(=O)c1ccccc1)c1nc(-c2ccc(OC)c(OC)c2)cs1. The number of rotatable bonds is 7. The molecule has 0 saturated heterocycles. The van der Waals surface area contributed by atoms with Crippen molar-refractivity contribution in [1.29, 1.82) is 0 Å². The Kier molecular flexibility index (Phi) is 6.08. The van der Waals surface area contributed by atoms with Gasteiger partial charge in [0.05, 0.1) is 26.0 Å². The second kappa shape index (κ2) is 8.68. The average Bonchev–Trinajstić information content (AvgIpc) is 3.21. The minimum atomic E-state index is -0.128. The smallest absolute Gasteiger partial charge is 0.251 e. The van der Waals surface area contributed by atoms with Gasteiger partial charge in [0.15, 0.2) is 11.5 Å². The van der Waals surface area contributed by atoms with Gasteiger partial charge in [-0.25, -0.2) is 4.98 Å². The van der Waals surface area contributed by atoms with Crippen molar-refractivity contribution >= 4 is 17.2 Å². The molecule has 2 aromatic carbocycles. The quantitative estimate of drug-likeness (QED) is 0.643. The maximum atomic E-state index is 12.5. The first-order valence-electron chi connectivity index (χ1n) is 8.70. The molecular formula is C21H22N2O3S. The fourth-order valence-corrected chi connectivity index (χ4v) is 3.71. The van der Waals surface area contributed by atoms with Gasteiger partial charge in [-0.1, -0.05) is 25.1 Å². The van der Waals surface area contributed by atoms with Crippen LogP contribution < -0.4 is 14.8 Å². The Morgan fingerprint density at radius 2 is 1.85 bits per heavy atom. The highest BCUT2D eigenvalue weighted by Crippen LogP contribution is 2.33. The number of benzene rings is 2. The van der Waals surface area contributed by atoms with Crippen LogP contribution in [-0.4, -0.2) is 25.1 Å². The molecule has 0 bridgehead atoms. The van der Waals surface area contributed by atoms with Gasteiger partial charge in [-0.2, -0.15) is 0 Å². The van der Waals surface area contributed by atoms with Gasteiger partial charge in [-0.05, 0) is 36.8 Å². The van der Waals surface area contributed by atoms with Gasteiger partial charge in [-0.15, -0.1) is 11.3 Å². The van der Waals surface area contributed by atoms with E-state index in [1.165, 1.54) is 11.3 Å². The minimum absolute atomic E-state index is 0.0923. The molecule has 0 spiro atoms. The number of methoxy groups -OCH3 is 2. The highest BCUT2D eigenvalue weighted by molar-refractivity contribution is 7.10. The van der Waals surface area contributed by atoms with Crippen LogP contribution in [0.4, 0.5) is 0 Å². The predicted octanol–water partition coefficient (Wildman–Crippen LogP) is 4.71. The van der Waals surface area contributed by atoms with E-state index < -0.39 is 0 Å². The number of aromatic nitrogens is 1. The van der Waals surface area contributed by atoms with Crippen LogP contribution in [0.15, 0.2) is 53.9 Å². The Hall–Kier alpha value is -2.86. The molecule has 0 saturated carbocycles. The maximum absolute atomic E-state index is 12.5. The van der Waals surface area contributed by atoms with Crippen molar-refractivity contribution in [2.75, 3.05) is 14.2 Å². The molecule has 1 aromatic heterocycles. The molecule has 0 unspecified atom stereocenters. The zero-order chi connectivity index (χ0) is 19.2. The fraction of sp³-hybridized carbons (Fsp3) is 0.238. The van der Waals surface area contributed by atoms with Gasteiger partial charge >= 0.3 is 0 Å². The Bertz CT molecular complexity index is 909. The minimum Gasteiger partial charge on any atom is -0.493 e. The van der Waals surface area contributed by atoms with Crippen LogP contribution in [0.25, 0.3) is 11.3 Å². The fourth-order valence-electron chi connectivity index (χ4n) is 2.75. The summed E-state index contributed by atoms with van der Waals surface area (Å²) >= 11 is 1.54. The highest BCUT2D eigenvalue weighted by atomic mass is 32.1. The second-order valence-electron chi connectivity index (χ2n) is 5.94. The first kappa shape index (κ1) is 18.9. The zero-order valence-corrected chi connectivity index (χ0v) is 16.4. The van der Waals surface area contributed by atoms with Crippen molar-refractivity contribution in [3.8, 4) is 22.8 Å². The number of ether oxygens (including phenoxy) is 2. The van der Waals surface area contributed by atoms with Gasteiger partial charge in [0, 0.05) is 16.5 Å². The normalized spacial score (nSPS) is 11.7. The summed E-state index contributed by atoms with van der Waals surface area (Å²) in [5.41, 5.74) is 2.44. The average molecular weight is 382 g/mol. The Morgan fingerprint density at radius 1 is 1.11 bits per heavy atom. The van der Waals surface area contributed by atoms with E-state index in [2.05, 4.69) is 5.32 Å². The zero-order valence-electron chi connectivity index (χ0n) is 15.6. The lowest BCUT2D eigenvalue weighted by atomic mass is 10.1. The Balaban J connectivity index is 1.80. The third-order valence-corrected chi connectivity index (χ3v) is 5.21. The van der Waals surface area contributed by atoms with Crippen molar-refractivity contribution in [2.45, 2.75) is 19.4 Å². The predicted molar refractivity (Wildman–Crippen MR) is 108 cm³/mol. The molecule has 27 heavy (non-hydrogen) atoms. The number of hydrogen-bond acceptors (Lipinski definition) is 5. The van der Waals surface area contributed by atoms with E-state index >= 15 is 0 Å². The van der Waals surface area contributed by atoms with Gasteiger partial charge < -0.3 is 14.8 Å². The van der Waals surface area contributed by atoms with Crippen molar-refractivity contribution in [3.05, 3.63) is 64.5 Å². The summed E-state index contributed by atoms with van der Waals surface area (Å²) in [5, 5.41) is 5.94. The Morgan fingerprint density at radius 3 is 2.52 bits per heavy atom. The van der Waals surface area contributed by atoms with E-state index in [0.29, 0.717) is 17.1 Å². The van der Waals surface area contributed by atoms with Gasteiger partial charge in [0.1, 0.15) is 5.01 Å². The molecule has 1 atom stereocenters. The van der Waals surface area contributed by atoms with Crippen molar-refractivity contribution < 1.29 is 14.3 Å². The number of thiazole rings is 1. The molecule has 0 aliphatic heterocycles. The third-order valence-electron chi connectivity index (χ3n) is 4.25. The van der Waals surface area contributed by atoms with Gasteiger partial charge in [0.2, 0.25) is 0 Å². The first-order chi connectivity index (χ1) is 13.2. The summed E-state index contributed by atoms with van der Waals surface area (Å²) in [5.74, 6) is 1.25. The molecule has 0 radical (unpaired) electrons. The van der Waals surface area contributed by atoms with E-state index in [9.17, 15) is 4.79 Å². The summed E-state index contributed by atoms with van der Waals surface area (Å²) < 4.78 is 10.7. The van der Waals surface area contributed by atoms with E-state index in [-0.39, 0.29) is 11.9 Å². The lowest BCUT2D eigenvalue weighted by Crippen LogP contribution is -2.28. The van der Waals surface area contributed by atoms with Crippen LogP contribution in [0.2, 0.25) is 0 Å². The summed E-state index contributed by atoms with van der Waals surface area (Å²) in [6, 6.07) is 14.8. The lowest BCUT2D eigenvalue weighted by molar-refractivity contribution is 0.0935. The molecule has 1 heterocycles. The highest BCUT2D eigenvalue weighted by Gasteiger charge is 2.18. The van der Waals surface area contributed by atoms with Crippen LogP contribution in [0.1, 0.15) is 34.8 Å². The summed E-state index contributed by atoms with van der Waals surface area (Å²) in [4.78, 5) is 17.2. The molecule has 0 fully saturated rings. The van der Waals surface area contributed by atoms with Crippen LogP contribution in [0.3, 0.4) is 0 Å². The Labute approximate surface area is 163 Å². The van der Waals surface area contributed by atoms with E-state index in [1.54, 1.807) is 26.4 Å². The van der Waals surface area contributed by atoms with Crippen LogP contribution in [0, 0.1) is 0 Å². The standard InChI is InChI=1S/C21H22N2O3S/c1-4-16(22-20(24)14-8-6-5-7-9-14)21-23-17(13-27-21)15-10-11-18(25-2)19(12-15)26-3/h5-13,16H,4H2,1-3H3,(H,22,24)/t16-/m0/s1. The molecule has 3 rings (SSSR count). The summed E-state index contributed by atoms with van der Waals surface area (Å²) in [7, 11) is 3.22. The summed E-state index contributed by atoms with van der Waals surface area (Å²) in [6.45, 7) is 2.04. The van der Waals surface area contributed by atoms with Crippen molar-refractivity contribution in [2.24, 2.45) is 0 Å². The number of carbonyl (C=O) groups is 1. The number of carbonyl (C=O) groups excluding carboxylic acids is 1. The molecule has 1 amide bonds. The van der Waals surface area contributed by atoms with E-state index in [1.807, 2.05) is 48.7 Å². The topological polar surface area (TPSA) is 60.5 Å². The molecule has 0 aliphatic rings. The van der Waals surface area contributed by atoms with Crippen LogP contribution in [0.5, 0.6) is 11.5 Å². The van der Waals surface area contributed by atoms with Crippen LogP contribution >= 0.6 is 11.3 Å². The van der Waals surface area contributed by atoms with Gasteiger partial charge in [-0.3, -0.25) is 4.79 Å². The van der Waals surface area contributed by atoms with Gasteiger partial charge in [0.25, 0.3) is 5.91 Å². The monoisotopic (exact) mass is 382 g/mol. The molecule has 5 nitrogen and oxygen atoms in total. The molecule has 6 heteroatoms. The lowest BCUT2D eigenvalue weighted by Gasteiger charge is -2.14. The third kappa shape index (κ3) is 4.28. The number of nitrogens with one attached hydrogen (secondary N) is 1. The van der Waals surface area contributed by atoms with E-state index in [0.717, 1.165) is 22.7 Å². The molecule has 140 valence electrons. The first-order valence-corrected chi connectivity index (χ1v) is 9.58. The molecule has 1 N–H and O–H groups in total. The number of amides is 1. The van der Waals surface area contributed by atoms with Crippen LogP contribution in [-0.2, 0) is 0 Å². The molecule has 3 aromatic rings. The maximum Gasteiger partial charge on any atom is 0.251 e. The molecule has 0 aliphatic carbocycles. The number of nitrogens with zero attached hydrogens (tertiary/aromatic N) is 1. The van der Waals surface area contributed by atoms with E-state index in [4.69, 9.17) is 14.5 Å². The van der Waals surface area contributed by atoms with Crippen molar-refractivity contribution in [1.82, 2.24) is 10.3 Å². The summed E-state index contributed by atoms with van der Waals surface area (Å²) in [6.07, 6.45) is 0.761. The molecular weight excluding hydrogens is 360 g/mol. The largest absolute Gasteiger partial charge is 0.493 e.